The lowest BCUT2D eigenvalue weighted by Crippen LogP contribution is -2.34. The number of fused-ring (bicyclic) bond motifs is 1. The number of benzene rings is 2. The largest absolute Gasteiger partial charge is 0.383 e. The molecule has 1 N–H and O–H groups in total. The maximum Gasteiger partial charge on any atom is 0.262 e. The molecule has 29 heavy (non-hydrogen) atoms. The van der Waals surface area contributed by atoms with Crippen LogP contribution in [0.5, 0.6) is 0 Å². The lowest BCUT2D eigenvalue weighted by Gasteiger charge is -2.16. The van der Waals surface area contributed by atoms with Gasteiger partial charge in [-0.2, -0.15) is 0 Å². The van der Waals surface area contributed by atoms with Crippen molar-refractivity contribution in [2.45, 2.75) is 23.9 Å². The zero-order valence-electron chi connectivity index (χ0n) is 16.2. The second kappa shape index (κ2) is 9.67. The van der Waals surface area contributed by atoms with E-state index in [1.165, 1.54) is 28.5 Å². The van der Waals surface area contributed by atoms with Crippen molar-refractivity contribution in [2.24, 2.45) is 0 Å². The van der Waals surface area contributed by atoms with E-state index in [1.54, 1.807) is 44.4 Å². The van der Waals surface area contributed by atoms with Crippen LogP contribution in [0.3, 0.4) is 0 Å². The van der Waals surface area contributed by atoms with Gasteiger partial charge in [0.25, 0.3) is 5.56 Å². The molecule has 0 saturated carbocycles. The first kappa shape index (κ1) is 21.0. The number of ether oxygens (including phenoxy) is 1. The minimum absolute atomic E-state index is 0.164. The van der Waals surface area contributed by atoms with Gasteiger partial charge in [-0.05, 0) is 36.8 Å². The second-order valence-electron chi connectivity index (χ2n) is 6.47. The Kier molecular flexibility index (Phi) is 7.00. The topological polar surface area (TPSA) is 73.2 Å². The molecule has 0 aliphatic rings. The highest BCUT2D eigenvalue weighted by atomic mass is 32.2. The van der Waals surface area contributed by atoms with Gasteiger partial charge in [0.05, 0.1) is 29.3 Å². The summed E-state index contributed by atoms with van der Waals surface area (Å²) in [5, 5.41) is 3.26. The summed E-state index contributed by atoms with van der Waals surface area (Å²) in [5.74, 6) is -0.503. The normalized spacial score (nSPS) is 12.1. The predicted molar refractivity (Wildman–Crippen MR) is 112 cm³/mol. The first-order valence-electron chi connectivity index (χ1n) is 9.17. The summed E-state index contributed by atoms with van der Waals surface area (Å²) in [6.45, 7) is 2.83. The molecular weight excluding hydrogens is 393 g/mol. The zero-order valence-corrected chi connectivity index (χ0v) is 17.0. The van der Waals surface area contributed by atoms with E-state index in [4.69, 9.17) is 4.74 Å². The van der Waals surface area contributed by atoms with Gasteiger partial charge in [-0.3, -0.25) is 14.2 Å². The van der Waals surface area contributed by atoms with Gasteiger partial charge in [0.2, 0.25) is 5.91 Å². The molecule has 0 unspecified atom stereocenters. The number of hydrogen-bond donors (Lipinski definition) is 1. The van der Waals surface area contributed by atoms with E-state index in [-0.39, 0.29) is 23.8 Å². The molecule has 0 aliphatic heterocycles. The highest BCUT2D eigenvalue weighted by Gasteiger charge is 2.19. The number of thioether (sulfide) groups is 1. The molecule has 0 aliphatic carbocycles. The van der Waals surface area contributed by atoms with Crippen LogP contribution in [-0.2, 0) is 16.1 Å². The number of carbonyl (C=O) groups excluding carboxylic acids is 1. The summed E-state index contributed by atoms with van der Waals surface area (Å²) in [6.07, 6.45) is 0. The minimum atomic E-state index is -0.459. The van der Waals surface area contributed by atoms with Crippen molar-refractivity contribution in [1.29, 1.82) is 0 Å². The van der Waals surface area contributed by atoms with Gasteiger partial charge < -0.3 is 10.1 Å². The number of aromatic nitrogens is 2. The molecule has 152 valence electrons. The third kappa shape index (κ3) is 5.21. The molecule has 3 rings (SSSR count). The van der Waals surface area contributed by atoms with Gasteiger partial charge in [-0.15, -0.1) is 0 Å². The fourth-order valence-electron chi connectivity index (χ4n) is 2.78. The third-order valence-electron chi connectivity index (χ3n) is 4.34. The van der Waals surface area contributed by atoms with Gasteiger partial charge in [-0.1, -0.05) is 36.0 Å². The number of halogens is 1. The summed E-state index contributed by atoms with van der Waals surface area (Å²) in [4.78, 5) is 30.1. The van der Waals surface area contributed by atoms with Crippen molar-refractivity contribution in [3.8, 4) is 0 Å². The van der Waals surface area contributed by atoms with Crippen molar-refractivity contribution >= 4 is 28.6 Å². The summed E-state index contributed by atoms with van der Waals surface area (Å²) in [6, 6.07) is 13.1. The van der Waals surface area contributed by atoms with E-state index in [0.717, 1.165) is 5.56 Å². The standard InChI is InChI=1S/C21H22FN3O3S/c1-14(19(26)23-11-12-28-2)29-21-24-18-6-4-3-5-17(18)20(27)25(21)13-15-7-9-16(22)10-8-15/h3-10,14H,11-13H2,1-2H3,(H,23,26)/t14-/m0/s1. The first-order chi connectivity index (χ1) is 14.0. The van der Waals surface area contributed by atoms with Crippen LogP contribution in [0.2, 0.25) is 0 Å². The number of para-hydroxylation sites is 1. The number of nitrogens with zero attached hydrogens (tertiary/aromatic N) is 2. The Morgan fingerprint density at radius 1 is 1.24 bits per heavy atom. The van der Waals surface area contributed by atoms with Crippen LogP contribution in [0.1, 0.15) is 12.5 Å². The molecule has 1 aromatic heterocycles. The van der Waals surface area contributed by atoms with E-state index < -0.39 is 5.25 Å². The maximum absolute atomic E-state index is 13.2. The number of hydrogen-bond acceptors (Lipinski definition) is 5. The first-order valence-corrected chi connectivity index (χ1v) is 10.0. The van der Waals surface area contributed by atoms with E-state index in [1.807, 2.05) is 6.07 Å². The highest BCUT2D eigenvalue weighted by molar-refractivity contribution is 8.00. The SMILES string of the molecule is COCCNC(=O)[C@H](C)Sc1nc2ccccc2c(=O)n1Cc1ccc(F)cc1. The Hall–Kier alpha value is -2.71. The summed E-state index contributed by atoms with van der Waals surface area (Å²) in [7, 11) is 1.57. The van der Waals surface area contributed by atoms with Crippen molar-refractivity contribution in [3.63, 3.8) is 0 Å². The van der Waals surface area contributed by atoms with Crippen LogP contribution in [-0.4, -0.2) is 41.0 Å². The van der Waals surface area contributed by atoms with Crippen molar-refractivity contribution in [3.05, 3.63) is 70.3 Å². The van der Waals surface area contributed by atoms with E-state index in [0.29, 0.717) is 29.2 Å². The summed E-state index contributed by atoms with van der Waals surface area (Å²) >= 11 is 1.21. The van der Waals surface area contributed by atoms with Gasteiger partial charge in [0.1, 0.15) is 5.82 Å². The van der Waals surface area contributed by atoms with Gasteiger partial charge in [-0.25, -0.2) is 9.37 Å². The van der Waals surface area contributed by atoms with Crippen LogP contribution in [0.15, 0.2) is 58.5 Å². The van der Waals surface area contributed by atoms with Crippen LogP contribution >= 0.6 is 11.8 Å². The van der Waals surface area contributed by atoms with Gasteiger partial charge >= 0.3 is 0 Å². The Balaban J connectivity index is 1.94. The van der Waals surface area contributed by atoms with E-state index in [2.05, 4.69) is 10.3 Å². The quantitative estimate of drug-likeness (QED) is 0.348. The van der Waals surface area contributed by atoms with E-state index in [9.17, 15) is 14.0 Å². The lowest BCUT2D eigenvalue weighted by atomic mass is 10.2. The zero-order chi connectivity index (χ0) is 20.8. The number of rotatable bonds is 8. The number of nitrogens with one attached hydrogen (secondary N) is 1. The summed E-state index contributed by atoms with van der Waals surface area (Å²) in [5.41, 5.74) is 1.14. The molecule has 0 fully saturated rings. The number of methoxy groups -OCH3 is 1. The monoisotopic (exact) mass is 415 g/mol. The predicted octanol–water partition coefficient (Wildman–Crippen LogP) is 2.83. The Morgan fingerprint density at radius 2 is 1.97 bits per heavy atom. The van der Waals surface area contributed by atoms with Gasteiger partial charge in [0, 0.05) is 13.7 Å². The van der Waals surface area contributed by atoms with Gasteiger partial charge in [0.15, 0.2) is 5.16 Å². The molecule has 6 nitrogen and oxygen atoms in total. The molecule has 8 heteroatoms. The number of amides is 1. The van der Waals surface area contributed by atoms with Crippen LogP contribution < -0.4 is 10.9 Å². The fraction of sp³-hybridized carbons (Fsp3) is 0.286. The molecule has 0 saturated heterocycles. The minimum Gasteiger partial charge on any atom is -0.383 e. The molecule has 0 radical (unpaired) electrons. The van der Waals surface area contributed by atoms with Crippen LogP contribution in [0.4, 0.5) is 4.39 Å². The molecule has 0 spiro atoms. The average molecular weight is 415 g/mol. The molecule has 1 atom stereocenters. The molecule has 0 bridgehead atoms. The van der Waals surface area contributed by atoms with Crippen LogP contribution in [0, 0.1) is 5.82 Å². The van der Waals surface area contributed by atoms with Crippen LogP contribution in [0.25, 0.3) is 10.9 Å². The highest BCUT2D eigenvalue weighted by Crippen LogP contribution is 2.23. The lowest BCUT2D eigenvalue weighted by molar-refractivity contribution is -0.120. The molecule has 2 aromatic carbocycles. The second-order valence-corrected chi connectivity index (χ2v) is 7.78. The maximum atomic E-state index is 13.2. The Bertz CT molecular complexity index is 1050. The fourth-order valence-corrected chi connectivity index (χ4v) is 3.71. The average Bonchev–Trinajstić information content (AvgIpc) is 2.72. The van der Waals surface area contributed by atoms with Crippen molar-refractivity contribution in [2.75, 3.05) is 20.3 Å². The number of carbonyl (C=O) groups is 1. The Morgan fingerprint density at radius 3 is 2.69 bits per heavy atom. The van der Waals surface area contributed by atoms with Crippen molar-refractivity contribution in [1.82, 2.24) is 14.9 Å². The Labute approximate surface area is 172 Å². The molecule has 1 heterocycles. The molecule has 3 aromatic rings. The smallest absolute Gasteiger partial charge is 0.262 e. The van der Waals surface area contributed by atoms with E-state index >= 15 is 0 Å². The van der Waals surface area contributed by atoms with Crippen molar-refractivity contribution < 1.29 is 13.9 Å². The molecule has 1 amide bonds. The molecular formula is C21H22FN3O3S. The third-order valence-corrected chi connectivity index (χ3v) is 5.43. The summed E-state index contributed by atoms with van der Waals surface area (Å²) < 4.78 is 19.7.